The van der Waals surface area contributed by atoms with E-state index in [1.807, 2.05) is 30.9 Å². The minimum atomic E-state index is -0.213. The summed E-state index contributed by atoms with van der Waals surface area (Å²) in [5, 5.41) is 11.8. The first-order chi connectivity index (χ1) is 13.1. The Morgan fingerprint density at radius 2 is 1.85 bits per heavy atom. The highest BCUT2D eigenvalue weighted by atomic mass is 32.1. The standard InChI is InChI=1S/C20H21N3O2S2/c1-23(2)17(14-9-11-26-13-14)12-21-19(24)15-6-3-4-7-16(15)22-20(25)18-8-5-10-27-18/h3-11,13,17H,12H2,1-2H3,(H,21,24)(H,22,25). The SMILES string of the molecule is CN(C)C(CNC(=O)c1ccccc1NC(=O)c1cccs1)c1ccsc1. The van der Waals surface area contributed by atoms with Crippen molar-refractivity contribution < 1.29 is 9.59 Å². The normalized spacial score (nSPS) is 12.0. The zero-order chi connectivity index (χ0) is 19.2. The summed E-state index contributed by atoms with van der Waals surface area (Å²) in [6, 6.07) is 12.8. The highest BCUT2D eigenvalue weighted by Crippen LogP contribution is 2.21. The second kappa shape index (κ2) is 8.94. The third kappa shape index (κ3) is 4.82. The molecule has 7 heteroatoms. The van der Waals surface area contributed by atoms with Gasteiger partial charge in [0.25, 0.3) is 11.8 Å². The Labute approximate surface area is 166 Å². The van der Waals surface area contributed by atoms with E-state index in [-0.39, 0.29) is 17.9 Å². The van der Waals surface area contributed by atoms with Gasteiger partial charge in [0.05, 0.1) is 22.2 Å². The molecule has 3 aromatic rings. The number of amides is 2. The third-order valence-corrected chi connectivity index (χ3v) is 5.74. The number of nitrogens with one attached hydrogen (secondary N) is 2. The summed E-state index contributed by atoms with van der Waals surface area (Å²) >= 11 is 3.00. The van der Waals surface area contributed by atoms with E-state index in [0.717, 1.165) is 0 Å². The van der Waals surface area contributed by atoms with Gasteiger partial charge in [0.1, 0.15) is 0 Å². The van der Waals surface area contributed by atoms with Gasteiger partial charge in [-0.15, -0.1) is 11.3 Å². The van der Waals surface area contributed by atoms with E-state index in [4.69, 9.17) is 0 Å². The predicted octanol–water partition coefficient (Wildman–Crippen LogP) is 4.09. The molecule has 0 fully saturated rings. The molecule has 2 heterocycles. The van der Waals surface area contributed by atoms with Crippen molar-refractivity contribution in [1.82, 2.24) is 10.2 Å². The maximum Gasteiger partial charge on any atom is 0.265 e. The van der Waals surface area contributed by atoms with Crippen molar-refractivity contribution in [2.45, 2.75) is 6.04 Å². The van der Waals surface area contributed by atoms with Crippen molar-refractivity contribution >= 4 is 40.2 Å². The summed E-state index contributed by atoms with van der Waals surface area (Å²) < 4.78 is 0. The van der Waals surface area contributed by atoms with Gasteiger partial charge in [0.2, 0.25) is 0 Å². The first-order valence-electron chi connectivity index (χ1n) is 8.47. The molecular formula is C20H21N3O2S2. The number of anilines is 1. The molecule has 0 aliphatic heterocycles. The van der Waals surface area contributed by atoms with Crippen molar-refractivity contribution in [3.8, 4) is 0 Å². The largest absolute Gasteiger partial charge is 0.350 e. The van der Waals surface area contributed by atoms with Crippen LogP contribution in [0.25, 0.3) is 0 Å². The highest BCUT2D eigenvalue weighted by Gasteiger charge is 2.18. The summed E-state index contributed by atoms with van der Waals surface area (Å²) in [5.41, 5.74) is 2.13. The number of hydrogen-bond acceptors (Lipinski definition) is 5. The van der Waals surface area contributed by atoms with Crippen molar-refractivity contribution in [3.63, 3.8) is 0 Å². The predicted molar refractivity (Wildman–Crippen MR) is 112 cm³/mol. The van der Waals surface area contributed by atoms with E-state index in [2.05, 4.69) is 27.0 Å². The molecule has 0 aliphatic carbocycles. The van der Waals surface area contributed by atoms with Crippen molar-refractivity contribution in [2.24, 2.45) is 0 Å². The fourth-order valence-corrected chi connectivity index (χ4v) is 4.06. The maximum absolute atomic E-state index is 12.8. The number of nitrogens with zero attached hydrogens (tertiary/aromatic N) is 1. The number of benzene rings is 1. The lowest BCUT2D eigenvalue weighted by molar-refractivity contribution is 0.0943. The Morgan fingerprint density at radius 3 is 2.52 bits per heavy atom. The van der Waals surface area contributed by atoms with Crippen molar-refractivity contribution in [1.29, 1.82) is 0 Å². The topological polar surface area (TPSA) is 61.4 Å². The first-order valence-corrected chi connectivity index (χ1v) is 10.3. The van der Waals surface area contributed by atoms with Crippen LogP contribution < -0.4 is 10.6 Å². The highest BCUT2D eigenvalue weighted by molar-refractivity contribution is 7.12. The zero-order valence-corrected chi connectivity index (χ0v) is 16.8. The molecule has 2 N–H and O–H groups in total. The van der Waals surface area contributed by atoms with Gasteiger partial charge in [-0.25, -0.2) is 0 Å². The van der Waals surface area contributed by atoms with Crippen LogP contribution >= 0.6 is 22.7 Å². The van der Waals surface area contributed by atoms with Gasteiger partial charge in [0.15, 0.2) is 0 Å². The Hall–Kier alpha value is -2.48. The van der Waals surface area contributed by atoms with Gasteiger partial charge < -0.3 is 15.5 Å². The molecule has 2 amide bonds. The molecule has 1 unspecified atom stereocenters. The van der Waals surface area contributed by atoms with Crippen LogP contribution in [-0.2, 0) is 0 Å². The van der Waals surface area contributed by atoms with Gasteiger partial charge in [-0.3, -0.25) is 9.59 Å². The molecule has 0 aliphatic rings. The van der Waals surface area contributed by atoms with E-state index in [0.29, 0.717) is 22.7 Å². The Kier molecular flexibility index (Phi) is 6.39. The molecule has 3 rings (SSSR count). The summed E-state index contributed by atoms with van der Waals surface area (Å²) in [5.74, 6) is -0.422. The molecule has 27 heavy (non-hydrogen) atoms. The van der Waals surface area contributed by atoms with E-state index >= 15 is 0 Å². The lowest BCUT2D eigenvalue weighted by Gasteiger charge is -2.24. The molecule has 2 aromatic heterocycles. The van der Waals surface area contributed by atoms with Gasteiger partial charge in [0, 0.05) is 6.54 Å². The molecule has 140 valence electrons. The maximum atomic E-state index is 12.8. The molecule has 0 saturated carbocycles. The summed E-state index contributed by atoms with van der Waals surface area (Å²) in [4.78, 5) is 27.8. The van der Waals surface area contributed by atoms with Crippen LogP contribution in [0.3, 0.4) is 0 Å². The second-order valence-corrected chi connectivity index (χ2v) is 7.95. The van der Waals surface area contributed by atoms with Gasteiger partial charge in [-0.1, -0.05) is 18.2 Å². The first kappa shape index (κ1) is 19.3. The number of rotatable bonds is 7. The second-order valence-electron chi connectivity index (χ2n) is 6.22. The fraction of sp³-hybridized carbons (Fsp3) is 0.200. The minimum absolute atomic E-state index is 0.0908. The van der Waals surface area contributed by atoms with Crippen LogP contribution in [0.4, 0.5) is 5.69 Å². The van der Waals surface area contributed by atoms with Gasteiger partial charge >= 0.3 is 0 Å². The Bertz CT molecular complexity index is 890. The summed E-state index contributed by atoms with van der Waals surface area (Å²) in [6.07, 6.45) is 0. The van der Waals surface area contributed by atoms with E-state index < -0.39 is 0 Å². The molecule has 0 bridgehead atoms. The lowest BCUT2D eigenvalue weighted by Crippen LogP contribution is -2.34. The molecule has 0 spiro atoms. The molecule has 1 atom stereocenters. The molecule has 0 radical (unpaired) electrons. The number of carbonyl (C=O) groups is 2. The number of hydrogen-bond donors (Lipinski definition) is 2. The fourth-order valence-electron chi connectivity index (χ4n) is 2.73. The third-order valence-electron chi connectivity index (χ3n) is 4.17. The molecule has 0 saturated heterocycles. The molecule has 1 aromatic carbocycles. The monoisotopic (exact) mass is 399 g/mol. The Morgan fingerprint density at radius 1 is 1.04 bits per heavy atom. The summed E-state index contributed by atoms with van der Waals surface area (Å²) in [7, 11) is 3.98. The molecular weight excluding hydrogens is 378 g/mol. The van der Waals surface area contributed by atoms with Crippen LogP contribution in [0.15, 0.2) is 58.6 Å². The summed E-state index contributed by atoms with van der Waals surface area (Å²) in [6.45, 7) is 0.482. The average molecular weight is 400 g/mol. The number of likely N-dealkylation sites (N-methyl/N-ethyl adjacent to an activating group) is 1. The Balaban J connectivity index is 1.70. The van der Waals surface area contributed by atoms with Crippen molar-refractivity contribution in [2.75, 3.05) is 26.0 Å². The minimum Gasteiger partial charge on any atom is -0.350 e. The van der Waals surface area contributed by atoms with E-state index in [1.165, 1.54) is 16.9 Å². The lowest BCUT2D eigenvalue weighted by atomic mass is 10.1. The number of carbonyl (C=O) groups excluding carboxylic acids is 2. The van der Waals surface area contributed by atoms with Crippen LogP contribution in [-0.4, -0.2) is 37.4 Å². The van der Waals surface area contributed by atoms with Crippen LogP contribution in [0.5, 0.6) is 0 Å². The number of para-hydroxylation sites is 1. The zero-order valence-electron chi connectivity index (χ0n) is 15.1. The number of thiophene rings is 2. The van der Waals surface area contributed by atoms with Gasteiger partial charge in [-0.05, 0) is 60.1 Å². The van der Waals surface area contributed by atoms with Crippen LogP contribution in [0, 0.1) is 0 Å². The average Bonchev–Trinajstić information content (AvgIpc) is 3.36. The molecule has 5 nitrogen and oxygen atoms in total. The quantitative estimate of drug-likeness (QED) is 0.629. The van der Waals surface area contributed by atoms with E-state index in [1.54, 1.807) is 41.7 Å². The van der Waals surface area contributed by atoms with Gasteiger partial charge in [-0.2, -0.15) is 11.3 Å². The van der Waals surface area contributed by atoms with Crippen molar-refractivity contribution in [3.05, 3.63) is 74.6 Å². The van der Waals surface area contributed by atoms with Crippen LogP contribution in [0.2, 0.25) is 0 Å². The van der Waals surface area contributed by atoms with Crippen LogP contribution in [0.1, 0.15) is 31.6 Å². The van der Waals surface area contributed by atoms with E-state index in [9.17, 15) is 9.59 Å². The smallest absolute Gasteiger partial charge is 0.265 e.